The molecule has 0 saturated carbocycles. The Hall–Kier alpha value is -2.07. The fraction of sp³-hybridized carbons (Fsp3) is 0.450. The van der Waals surface area contributed by atoms with Crippen molar-refractivity contribution in [3.63, 3.8) is 0 Å². The molecular formula is C20H26N2O2. The molecule has 1 aliphatic rings. The van der Waals surface area contributed by atoms with Crippen molar-refractivity contribution in [3.05, 3.63) is 60.4 Å². The summed E-state index contributed by atoms with van der Waals surface area (Å²) in [6, 6.07) is 14.0. The zero-order valence-electron chi connectivity index (χ0n) is 14.5. The molecule has 1 unspecified atom stereocenters. The molecule has 0 radical (unpaired) electrons. The van der Waals surface area contributed by atoms with Gasteiger partial charge in [-0.3, -0.25) is 4.79 Å². The van der Waals surface area contributed by atoms with Crippen LogP contribution in [-0.4, -0.2) is 35.1 Å². The quantitative estimate of drug-likeness (QED) is 0.840. The van der Waals surface area contributed by atoms with E-state index in [2.05, 4.69) is 26.0 Å². The maximum absolute atomic E-state index is 13.2. The lowest BCUT2D eigenvalue weighted by molar-refractivity contribution is -0.143. The number of carbonyl (C=O) groups is 1. The number of carbonyl (C=O) groups excluding carboxylic acids is 1. The summed E-state index contributed by atoms with van der Waals surface area (Å²) in [4.78, 5) is 15.1. The molecule has 1 saturated heterocycles. The van der Waals surface area contributed by atoms with Crippen molar-refractivity contribution in [2.24, 2.45) is 5.92 Å². The van der Waals surface area contributed by atoms with Gasteiger partial charge in [0.1, 0.15) is 12.1 Å². The topological polar surface area (TPSA) is 34.5 Å². The Kier molecular flexibility index (Phi) is 5.36. The van der Waals surface area contributed by atoms with Crippen LogP contribution < -0.4 is 0 Å². The first-order valence-corrected chi connectivity index (χ1v) is 8.73. The third kappa shape index (κ3) is 3.88. The van der Waals surface area contributed by atoms with E-state index in [1.54, 1.807) is 0 Å². The first-order valence-electron chi connectivity index (χ1n) is 8.73. The van der Waals surface area contributed by atoms with Crippen molar-refractivity contribution in [2.45, 2.75) is 32.4 Å². The van der Waals surface area contributed by atoms with E-state index in [0.717, 1.165) is 12.0 Å². The van der Waals surface area contributed by atoms with Crippen LogP contribution in [0.5, 0.6) is 0 Å². The molecular weight excluding hydrogens is 300 g/mol. The first kappa shape index (κ1) is 16.8. The van der Waals surface area contributed by atoms with E-state index in [1.807, 2.05) is 52.2 Å². The van der Waals surface area contributed by atoms with Crippen LogP contribution >= 0.6 is 0 Å². The highest BCUT2D eigenvalue weighted by Gasteiger charge is 2.31. The molecule has 1 aromatic heterocycles. The van der Waals surface area contributed by atoms with Gasteiger partial charge in [-0.2, -0.15) is 0 Å². The SMILES string of the molecule is CC(C)C[C@H](C(=O)N1CCOC(c2ccccc2)C1)n1cccc1. The molecule has 0 bridgehead atoms. The highest BCUT2D eigenvalue weighted by atomic mass is 16.5. The van der Waals surface area contributed by atoms with Crippen LogP contribution in [0.25, 0.3) is 0 Å². The van der Waals surface area contributed by atoms with Crippen molar-refractivity contribution in [1.82, 2.24) is 9.47 Å². The summed E-state index contributed by atoms with van der Waals surface area (Å²) >= 11 is 0. The van der Waals surface area contributed by atoms with Gasteiger partial charge >= 0.3 is 0 Å². The molecule has 1 fully saturated rings. The van der Waals surface area contributed by atoms with E-state index in [1.165, 1.54) is 0 Å². The van der Waals surface area contributed by atoms with E-state index in [4.69, 9.17) is 4.74 Å². The van der Waals surface area contributed by atoms with Crippen molar-refractivity contribution in [1.29, 1.82) is 0 Å². The Labute approximate surface area is 144 Å². The van der Waals surface area contributed by atoms with Crippen LogP contribution in [0.2, 0.25) is 0 Å². The van der Waals surface area contributed by atoms with E-state index >= 15 is 0 Å². The maximum atomic E-state index is 13.2. The van der Waals surface area contributed by atoms with Gasteiger partial charge in [-0.15, -0.1) is 0 Å². The highest BCUT2D eigenvalue weighted by Crippen LogP contribution is 2.26. The number of amides is 1. The zero-order chi connectivity index (χ0) is 16.9. The number of benzene rings is 1. The van der Waals surface area contributed by atoms with E-state index < -0.39 is 0 Å². The van der Waals surface area contributed by atoms with Crippen LogP contribution in [0.15, 0.2) is 54.9 Å². The Bertz CT molecular complexity index is 637. The van der Waals surface area contributed by atoms with Gasteiger partial charge in [0, 0.05) is 18.9 Å². The first-order chi connectivity index (χ1) is 11.6. The third-order valence-corrected chi connectivity index (χ3v) is 4.52. The van der Waals surface area contributed by atoms with Gasteiger partial charge in [0.2, 0.25) is 5.91 Å². The molecule has 1 aromatic carbocycles. The van der Waals surface area contributed by atoms with Crippen molar-refractivity contribution in [3.8, 4) is 0 Å². The normalized spacial score (nSPS) is 19.5. The molecule has 0 spiro atoms. The van der Waals surface area contributed by atoms with Crippen LogP contribution in [0, 0.1) is 5.92 Å². The summed E-state index contributed by atoms with van der Waals surface area (Å²) in [5.74, 6) is 0.663. The number of hydrogen-bond acceptors (Lipinski definition) is 2. The predicted octanol–water partition coefficient (Wildman–Crippen LogP) is 3.68. The van der Waals surface area contributed by atoms with Gasteiger partial charge in [0.15, 0.2) is 0 Å². The van der Waals surface area contributed by atoms with Gasteiger partial charge in [-0.1, -0.05) is 44.2 Å². The standard InChI is InChI=1S/C20H26N2O2/c1-16(2)14-18(21-10-6-7-11-21)20(23)22-12-13-24-19(15-22)17-8-4-3-5-9-17/h3-11,16,18-19H,12-15H2,1-2H3/t18-,19?/m1/s1. The fourth-order valence-electron chi connectivity index (χ4n) is 3.28. The number of hydrogen-bond donors (Lipinski definition) is 0. The predicted molar refractivity (Wildman–Crippen MR) is 94.6 cm³/mol. The highest BCUT2D eigenvalue weighted by molar-refractivity contribution is 5.80. The number of nitrogens with zero attached hydrogens (tertiary/aromatic N) is 2. The number of rotatable bonds is 5. The van der Waals surface area contributed by atoms with Crippen molar-refractivity contribution < 1.29 is 9.53 Å². The van der Waals surface area contributed by atoms with Gasteiger partial charge in [0.25, 0.3) is 0 Å². The summed E-state index contributed by atoms with van der Waals surface area (Å²) < 4.78 is 7.93. The van der Waals surface area contributed by atoms with Gasteiger partial charge in [-0.05, 0) is 30.0 Å². The second-order valence-electron chi connectivity index (χ2n) is 6.83. The average Bonchev–Trinajstić information content (AvgIpc) is 3.14. The number of aromatic nitrogens is 1. The lowest BCUT2D eigenvalue weighted by Crippen LogP contribution is -2.45. The zero-order valence-corrected chi connectivity index (χ0v) is 14.5. The lowest BCUT2D eigenvalue weighted by atomic mass is 10.0. The number of ether oxygens (including phenoxy) is 1. The summed E-state index contributed by atoms with van der Waals surface area (Å²) in [6.45, 7) is 6.20. The molecule has 2 atom stereocenters. The molecule has 2 heterocycles. The Morgan fingerprint density at radius 1 is 1.17 bits per heavy atom. The van der Waals surface area contributed by atoms with Crippen LogP contribution in [0.4, 0.5) is 0 Å². The molecule has 128 valence electrons. The summed E-state index contributed by atoms with van der Waals surface area (Å²) in [5, 5.41) is 0. The Morgan fingerprint density at radius 3 is 2.54 bits per heavy atom. The second kappa shape index (κ2) is 7.67. The maximum Gasteiger partial charge on any atom is 0.245 e. The van der Waals surface area contributed by atoms with Crippen LogP contribution in [-0.2, 0) is 9.53 Å². The van der Waals surface area contributed by atoms with Gasteiger partial charge < -0.3 is 14.2 Å². The van der Waals surface area contributed by atoms with Gasteiger partial charge in [0.05, 0.1) is 13.2 Å². The molecule has 24 heavy (non-hydrogen) atoms. The molecule has 1 amide bonds. The Morgan fingerprint density at radius 2 is 1.88 bits per heavy atom. The molecule has 0 aliphatic carbocycles. The summed E-state index contributed by atoms with van der Waals surface area (Å²) in [5.41, 5.74) is 1.14. The molecule has 1 aliphatic heterocycles. The monoisotopic (exact) mass is 326 g/mol. The van der Waals surface area contributed by atoms with E-state index in [9.17, 15) is 4.79 Å². The Balaban J connectivity index is 1.74. The smallest absolute Gasteiger partial charge is 0.245 e. The average molecular weight is 326 g/mol. The van der Waals surface area contributed by atoms with Crippen molar-refractivity contribution in [2.75, 3.05) is 19.7 Å². The lowest BCUT2D eigenvalue weighted by Gasteiger charge is -2.36. The minimum absolute atomic E-state index is 0.0340. The minimum Gasteiger partial charge on any atom is -0.370 e. The summed E-state index contributed by atoms with van der Waals surface area (Å²) in [7, 11) is 0. The molecule has 2 aromatic rings. The largest absolute Gasteiger partial charge is 0.370 e. The van der Waals surface area contributed by atoms with Crippen LogP contribution in [0.1, 0.15) is 38.0 Å². The fourth-order valence-corrected chi connectivity index (χ4v) is 3.28. The second-order valence-corrected chi connectivity index (χ2v) is 6.83. The van der Waals surface area contributed by atoms with E-state index in [0.29, 0.717) is 25.6 Å². The van der Waals surface area contributed by atoms with Crippen LogP contribution in [0.3, 0.4) is 0 Å². The van der Waals surface area contributed by atoms with Crippen molar-refractivity contribution >= 4 is 5.91 Å². The summed E-state index contributed by atoms with van der Waals surface area (Å²) in [6.07, 6.45) is 4.79. The van der Waals surface area contributed by atoms with E-state index in [-0.39, 0.29) is 18.1 Å². The number of morpholine rings is 1. The molecule has 0 N–H and O–H groups in total. The third-order valence-electron chi connectivity index (χ3n) is 4.52. The molecule has 4 heteroatoms. The molecule has 4 nitrogen and oxygen atoms in total. The van der Waals surface area contributed by atoms with Gasteiger partial charge in [-0.25, -0.2) is 0 Å². The molecule has 3 rings (SSSR count). The minimum atomic E-state index is -0.130.